The molecule has 9 nitrogen and oxygen atoms in total. The highest BCUT2D eigenvalue weighted by Gasteiger charge is 2.47. The van der Waals surface area contributed by atoms with Crippen LogP contribution >= 0.6 is 0 Å². The van der Waals surface area contributed by atoms with Crippen molar-refractivity contribution in [3.05, 3.63) is 89.8 Å². The summed E-state index contributed by atoms with van der Waals surface area (Å²) in [6, 6.07) is 11.9. The standard InChI is InChI=1S/C32H28F3N7O2/c1-18-9-15-42(40-18)21-5-2-19(3-6-21)30(43)39-26-8-11-32(34,35)17-24(26)31(44)41-14-10-22-27(29-36-12-13-37-29)38-25-7-4-20(33)16-23(25)28(22)41/h2-7,9,12-13,15-16,24,26H,8,10-11,14,17H2,1H3,(H,36,37)(H,39,43)/t24-,26-/m1/s1. The van der Waals surface area contributed by atoms with E-state index in [1.165, 1.54) is 23.1 Å². The maximum atomic E-state index is 14.8. The quantitative estimate of drug-likeness (QED) is 0.282. The molecule has 3 aromatic heterocycles. The highest BCUT2D eigenvalue weighted by Crippen LogP contribution is 2.43. The molecule has 0 radical (unpaired) electrons. The minimum Gasteiger partial charge on any atom is -0.348 e. The molecule has 0 unspecified atom stereocenters. The molecule has 4 heterocycles. The second-order valence-electron chi connectivity index (χ2n) is 11.4. The van der Waals surface area contributed by atoms with Crippen LogP contribution in [0.4, 0.5) is 18.9 Å². The number of amides is 2. The molecule has 2 N–H and O–H groups in total. The Labute approximate surface area is 250 Å². The molecule has 5 aromatic rings. The number of imidazole rings is 1. The molecule has 1 saturated carbocycles. The van der Waals surface area contributed by atoms with Gasteiger partial charge in [-0.2, -0.15) is 5.10 Å². The summed E-state index contributed by atoms with van der Waals surface area (Å²) in [7, 11) is 0. The van der Waals surface area contributed by atoms with Crippen molar-refractivity contribution >= 4 is 28.4 Å². The van der Waals surface area contributed by atoms with Crippen molar-refractivity contribution in [3.63, 3.8) is 0 Å². The fourth-order valence-corrected chi connectivity index (χ4v) is 6.29. The van der Waals surface area contributed by atoms with Crippen molar-refractivity contribution < 1.29 is 22.8 Å². The molecule has 0 spiro atoms. The predicted octanol–water partition coefficient (Wildman–Crippen LogP) is 5.38. The van der Waals surface area contributed by atoms with E-state index in [1.807, 2.05) is 19.2 Å². The van der Waals surface area contributed by atoms with Crippen LogP contribution in [0.25, 0.3) is 28.1 Å². The van der Waals surface area contributed by atoms with Crippen molar-refractivity contribution in [2.45, 2.75) is 44.6 Å². The lowest BCUT2D eigenvalue weighted by Crippen LogP contribution is -2.52. The van der Waals surface area contributed by atoms with Gasteiger partial charge < -0.3 is 15.2 Å². The van der Waals surface area contributed by atoms with Gasteiger partial charge in [0, 0.05) is 60.5 Å². The number of fused-ring (bicyclic) bond motifs is 3. The van der Waals surface area contributed by atoms with Crippen LogP contribution in [-0.2, 0) is 11.2 Å². The lowest BCUT2D eigenvalue weighted by molar-refractivity contribution is -0.131. The number of pyridine rings is 1. The summed E-state index contributed by atoms with van der Waals surface area (Å²) >= 11 is 0. The van der Waals surface area contributed by atoms with E-state index in [0.717, 1.165) is 11.4 Å². The molecule has 2 amide bonds. The van der Waals surface area contributed by atoms with Gasteiger partial charge in [-0.3, -0.25) is 9.59 Å². The molecule has 224 valence electrons. The number of alkyl halides is 2. The van der Waals surface area contributed by atoms with Crippen molar-refractivity contribution in [2.24, 2.45) is 5.92 Å². The Morgan fingerprint density at radius 2 is 1.93 bits per heavy atom. The molecule has 0 bridgehead atoms. The molecule has 12 heteroatoms. The fraction of sp³-hybridized carbons (Fsp3) is 0.281. The van der Waals surface area contributed by atoms with Crippen molar-refractivity contribution in [3.8, 4) is 17.2 Å². The van der Waals surface area contributed by atoms with Crippen LogP contribution in [0.3, 0.4) is 0 Å². The van der Waals surface area contributed by atoms with E-state index in [-0.39, 0.29) is 13.0 Å². The van der Waals surface area contributed by atoms with Gasteiger partial charge >= 0.3 is 0 Å². The Morgan fingerprint density at radius 1 is 1.11 bits per heavy atom. The predicted molar refractivity (Wildman–Crippen MR) is 157 cm³/mol. The van der Waals surface area contributed by atoms with Gasteiger partial charge in [0.15, 0.2) is 5.82 Å². The number of aryl methyl sites for hydroxylation is 1. The van der Waals surface area contributed by atoms with Crippen molar-refractivity contribution in [1.29, 1.82) is 0 Å². The lowest BCUT2D eigenvalue weighted by Gasteiger charge is -2.37. The Morgan fingerprint density at radius 3 is 2.66 bits per heavy atom. The zero-order valence-corrected chi connectivity index (χ0v) is 23.7. The summed E-state index contributed by atoms with van der Waals surface area (Å²) in [5.41, 5.74) is 4.04. The zero-order chi connectivity index (χ0) is 30.6. The number of nitrogens with one attached hydrogen (secondary N) is 2. The minimum atomic E-state index is -3.07. The third-order valence-electron chi connectivity index (χ3n) is 8.44. The second kappa shape index (κ2) is 10.6. The summed E-state index contributed by atoms with van der Waals surface area (Å²) < 4.78 is 45.8. The van der Waals surface area contributed by atoms with Gasteiger partial charge in [-0.05, 0) is 68.3 Å². The smallest absolute Gasteiger partial charge is 0.251 e. The maximum absolute atomic E-state index is 14.8. The summed E-state index contributed by atoms with van der Waals surface area (Å²) in [6.45, 7) is 2.08. The largest absolute Gasteiger partial charge is 0.348 e. The number of H-pyrrole nitrogens is 1. The molecule has 0 saturated heterocycles. The number of aromatic amines is 1. The topological polar surface area (TPSA) is 109 Å². The van der Waals surface area contributed by atoms with Crippen LogP contribution in [0, 0.1) is 18.7 Å². The Hall–Kier alpha value is -5.00. The van der Waals surface area contributed by atoms with E-state index in [2.05, 4.69) is 20.4 Å². The first-order valence-corrected chi connectivity index (χ1v) is 14.4. The molecule has 2 aromatic carbocycles. The third kappa shape index (κ3) is 4.99. The molecule has 44 heavy (non-hydrogen) atoms. The van der Waals surface area contributed by atoms with Crippen LogP contribution in [0.1, 0.15) is 40.9 Å². The van der Waals surface area contributed by atoms with Crippen LogP contribution in [-0.4, -0.2) is 55.1 Å². The highest BCUT2D eigenvalue weighted by atomic mass is 19.3. The summed E-state index contributed by atoms with van der Waals surface area (Å²) in [5, 5.41) is 7.64. The van der Waals surface area contributed by atoms with E-state index in [9.17, 15) is 22.8 Å². The fourth-order valence-electron chi connectivity index (χ4n) is 6.29. The molecule has 1 fully saturated rings. The monoisotopic (exact) mass is 599 g/mol. The first kappa shape index (κ1) is 27.8. The Bertz CT molecular complexity index is 1890. The van der Waals surface area contributed by atoms with Crippen molar-refractivity contribution in [1.82, 2.24) is 30.0 Å². The zero-order valence-electron chi connectivity index (χ0n) is 23.7. The van der Waals surface area contributed by atoms with E-state index in [0.29, 0.717) is 45.7 Å². The van der Waals surface area contributed by atoms with E-state index in [1.54, 1.807) is 41.3 Å². The van der Waals surface area contributed by atoms with E-state index in [4.69, 9.17) is 4.98 Å². The van der Waals surface area contributed by atoms with Gasteiger partial charge in [-0.15, -0.1) is 0 Å². The normalized spacial score (nSPS) is 19.2. The number of aromatic nitrogens is 5. The number of hydrogen-bond acceptors (Lipinski definition) is 5. The number of carbonyl (C=O) groups is 2. The van der Waals surface area contributed by atoms with Crippen molar-refractivity contribution in [2.75, 3.05) is 11.4 Å². The molecule has 1 aliphatic heterocycles. The van der Waals surface area contributed by atoms with Crippen LogP contribution in [0.2, 0.25) is 0 Å². The highest BCUT2D eigenvalue weighted by molar-refractivity contribution is 6.08. The number of anilines is 1. The summed E-state index contributed by atoms with van der Waals surface area (Å²) in [5.74, 6) is -5.28. The van der Waals surface area contributed by atoms with E-state index < -0.39 is 48.4 Å². The van der Waals surface area contributed by atoms with Gasteiger partial charge in [0.25, 0.3) is 5.91 Å². The average molecular weight is 600 g/mol. The molecule has 1 aliphatic carbocycles. The third-order valence-corrected chi connectivity index (χ3v) is 8.44. The van der Waals surface area contributed by atoms with Crippen LogP contribution in [0.5, 0.6) is 0 Å². The lowest BCUT2D eigenvalue weighted by atomic mass is 9.81. The van der Waals surface area contributed by atoms with Gasteiger partial charge in [-0.25, -0.2) is 27.8 Å². The Kier molecular flexibility index (Phi) is 6.71. The number of halogens is 3. The first-order chi connectivity index (χ1) is 21.2. The molecular weight excluding hydrogens is 571 g/mol. The second-order valence-corrected chi connectivity index (χ2v) is 11.4. The molecule has 7 rings (SSSR count). The van der Waals surface area contributed by atoms with Crippen LogP contribution < -0.4 is 10.2 Å². The summed E-state index contributed by atoms with van der Waals surface area (Å²) in [4.78, 5) is 41.0. The molecule has 2 aliphatic rings. The SMILES string of the molecule is Cc1ccn(-c2ccc(C(=O)N[C@@H]3CCC(F)(F)C[C@H]3C(=O)N3CCc4c(-c5ncc[nH]5)nc5ccc(F)cc5c43)cc2)n1. The average Bonchev–Trinajstić information content (AvgIpc) is 3.79. The minimum absolute atomic E-state index is 0.0656. The number of hydrogen-bond donors (Lipinski definition) is 2. The number of benzene rings is 2. The molecular formula is C32H28F3N7O2. The Balaban J connectivity index is 1.20. The van der Waals surface area contributed by atoms with E-state index >= 15 is 0 Å². The number of rotatable bonds is 5. The van der Waals surface area contributed by atoms with Gasteiger partial charge in [0.05, 0.1) is 28.5 Å². The van der Waals surface area contributed by atoms with Gasteiger partial charge in [0.1, 0.15) is 11.5 Å². The van der Waals surface area contributed by atoms with Crippen LogP contribution in [0.15, 0.2) is 67.1 Å². The molecule has 2 atom stereocenters. The maximum Gasteiger partial charge on any atom is 0.251 e. The first-order valence-electron chi connectivity index (χ1n) is 14.4. The number of carbonyl (C=O) groups excluding carboxylic acids is 2. The summed E-state index contributed by atoms with van der Waals surface area (Å²) in [6.07, 6.45) is 4.21. The van der Waals surface area contributed by atoms with Gasteiger partial charge in [-0.1, -0.05) is 0 Å². The van der Waals surface area contributed by atoms with Gasteiger partial charge in [0.2, 0.25) is 11.8 Å². The number of nitrogens with zero attached hydrogens (tertiary/aromatic N) is 5.